The van der Waals surface area contributed by atoms with Crippen LogP contribution >= 0.6 is 0 Å². The lowest BCUT2D eigenvalue weighted by molar-refractivity contribution is -0.142. The predicted octanol–water partition coefficient (Wildman–Crippen LogP) is 2.60. The summed E-state index contributed by atoms with van der Waals surface area (Å²) in [4.78, 5) is 10.5. The van der Waals surface area contributed by atoms with Crippen molar-refractivity contribution in [2.24, 2.45) is 11.8 Å². The first-order chi connectivity index (χ1) is 11.4. The molecule has 0 saturated carbocycles. The Labute approximate surface area is 143 Å². The largest absolute Gasteiger partial charge is 0.481 e. The first kappa shape index (κ1) is 20.9. The maximum absolute atomic E-state index is 12.7. The van der Waals surface area contributed by atoms with E-state index in [4.69, 9.17) is 10.4 Å². The number of alkyl halides is 3. The Kier molecular flexibility index (Phi) is 6.56. The lowest BCUT2D eigenvalue weighted by Crippen LogP contribution is -2.34. The highest BCUT2D eigenvalue weighted by atomic mass is 32.2. The maximum Gasteiger partial charge on any atom is 0.416 e. The average Bonchev–Trinajstić information content (AvgIpc) is 2.49. The zero-order valence-electron chi connectivity index (χ0n) is 13.5. The molecule has 0 amide bonds. The summed E-state index contributed by atoms with van der Waals surface area (Å²) in [6.45, 7) is 3.11. The van der Waals surface area contributed by atoms with Crippen LogP contribution < -0.4 is 4.72 Å². The van der Waals surface area contributed by atoms with Crippen molar-refractivity contribution >= 4 is 16.0 Å². The number of carbonyl (C=O) groups is 1. The van der Waals surface area contributed by atoms with Gasteiger partial charge in [0.15, 0.2) is 0 Å². The van der Waals surface area contributed by atoms with Crippen LogP contribution in [0.2, 0.25) is 0 Å². The van der Waals surface area contributed by atoms with E-state index in [0.29, 0.717) is 18.2 Å². The van der Waals surface area contributed by atoms with E-state index in [1.54, 1.807) is 13.8 Å². The molecule has 2 N–H and O–H groups in total. The third-order valence-electron chi connectivity index (χ3n) is 3.34. The van der Waals surface area contributed by atoms with Gasteiger partial charge in [-0.25, -0.2) is 13.1 Å². The number of nitrogens with one attached hydrogen (secondary N) is 1. The summed E-state index contributed by atoms with van der Waals surface area (Å²) in [6, 6.07) is 3.10. The van der Waals surface area contributed by atoms with Gasteiger partial charge in [-0.1, -0.05) is 13.8 Å². The van der Waals surface area contributed by atoms with Crippen molar-refractivity contribution in [2.75, 3.05) is 6.54 Å². The van der Waals surface area contributed by atoms with E-state index < -0.39 is 50.7 Å². The Morgan fingerprint density at radius 1 is 1.36 bits per heavy atom. The van der Waals surface area contributed by atoms with Crippen LogP contribution in [0.3, 0.4) is 0 Å². The van der Waals surface area contributed by atoms with E-state index in [-0.39, 0.29) is 12.3 Å². The first-order valence-corrected chi connectivity index (χ1v) is 8.70. The van der Waals surface area contributed by atoms with Crippen LogP contribution in [0.15, 0.2) is 23.1 Å². The molecule has 138 valence electrons. The van der Waals surface area contributed by atoms with Crippen LogP contribution in [-0.2, 0) is 21.0 Å². The van der Waals surface area contributed by atoms with Crippen molar-refractivity contribution in [2.45, 2.75) is 31.3 Å². The molecule has 0 aliphatic carbocycles. The van der Waals surface area contributed by atoms with Crippen molar-refractivity contribution in [1.82, 2.24) is 4.72 Å². The van der Waals surface area contributed by atoms with Gasteiger partial charge in [0.25, 0.3) is 0 Å². The molecule has 6 nitrogen and oxygen atoms in total. The zero-order chi connectivity index (χ0) is 19.4. The van der Waals surface area contributed by atoms with Crippen LogP contribution in [0.5, 0.6) is 0 Å². The molecule has 0 aliphatic rings. The monoisotopic (exact) mass is 378 g/mol. The second kappa shape index (κ2) is 7.84. The second-order valence-corrected chi connectivity index (χ2v) is 7.57. The molecule has 10 heteroatoms. The van der Waals surface area contributed by atoms with Gasteiger partial charge >= 0.3 is 12.1 Å². The molecular formula is C15H17F3N2O4S. The molecule has 25 heavy (non-hydrogen) atoms. The van der Waals surface area contributed by atoms with Gasteiger partial charge in [0.05, 0.1) is 21.9 Å². The minimum Gasteiger partial charge on any atom is -0.481 e. The number of benzene rings is 1. The molecule has 0 saturated heterocycles. The summed E-state index contributed by atoms with van der Waals surface area (Å²) in [7, 11) is -4.33. The Morgan fingerprint density at radius 3 is 2.40 bits per heavy atom. The van der Waals surface area contributed by atoms with Crippen molar-refractivity contribution in [3.8, 4) is 6.07 Å². The Bertz CT molecular complexity index is 783. The van der Waals surface area contributed by atoms with Crippen LogP contribution in [0, 0.1) is 23.2 Å². The normalized spacial score (nSPS) is 13.5. The topological polar surface area (TPSA) is 107 Å². The highest BCUT2D eigenvalue weighted by molar-refractivity contribution is 7.89. The van der Waals surface area contributed by atoms with Crippen molar-refractivity contribution in [3.05, 3.63) is 29.3 Å². The summed E-state index contributed by atoms with van der Waals surface area (Å²) in [5.41, 5.74) is -1.82. The van der Waals surface area contributed by atoms with Gasteiger partial charge in [-0.15, -0.1) is 0 Å². The lowest BCUT2D eigenvalue weighted by Gasteiger charge is -2.16. The van der Waals surface area contributed by atoms with Crippen molar-refractivity contribution in [3.63, 3.8) is 0 Å². The smallest absolute Gasteiger partial charge is 0.416 e. The molecule has 0 spiro atoms. The summed E-state index contributed by atoms with van der Waals surface area (Å²) in [6.07, 6.45) is -4.50. The Hall–Kier alpha value is -2.12. The predicted molar refractivity (Wildman–Crippen MR) is 81.9 cm³/mol. The number of carboxylic acids is 1. The SMILES string of the molecule is CC(C)CC(CNS(=O)(=O)c1ccc(C(F)(F)F)cc1C#N)C(=O)O. The van der Waals surface area contributed by atoms with E-state index in [9.17, 15) is 26.4 Å². The molecule has 0 aliphatic heterocycles. The fourth-order valence-corrected chi connectivity index (χ4v) is 3.37. The summed E-state index contributed by atoms with van der Waals surface area (Å²) < 4.78 is 64.5. The molecule has 1 unspecified atom stereocenters. The van der Waals surface area contributed by atoms with E-state index in [1.807, 2.05) is 0 Å². The number of hydrogen-bond donors (Lipinski definition) is 2. The number of sulfonamides is 1. The number of carboxylic acid groups (broad SMARTS) is 1. The quantitative estimate of drug-likeness (QED) is 0.758. The summed E-state index contributed by atoms with van der Waals surface area (Å²) in [5.74, 6) is -2.18. The fourth-order valence-electron chi connectivity index (χ4n) is 2.16. The molecule has 1 rings (SSSR count). The maximum atomic E-state index is 12.7. The Morgan fingerprint density at radius 2 is 1.96 bits per heavy atom. The average molecular weight is 378 g/mol. The number of halogens is 3. The Balaban J connectivity index is 3.10. The molecule has 0 fully saturated rings. The zero-order valence-corrected chi connectivity index (χ0v) is 14.3. The minimum atomic E-state index is -4.72. The summed E-state index contributed by atoms with van der Waals surface area (Å²) in [5, 5.41) is 18.1. The van der Waals surface area contributed by atoms with Crippen LogP contribution in [0.1, 0.15) is 31.4 Å². The fraction of sp³-hybridized carbons (Fsp3) is 0.467. The standard InChI is InChI=1S/C15H17F3N2O4S/c1-9(2)5-11(14(21)22)8-20-25(23,24)13-4-3-12(15(16,17)18)6-10(13)7-19/h3-4,6,9,11,20H,5,8H2,1-2H3,(H,21,22). The van der Waals surface area contributed by atoms with Crippen LogP contribution in [0.25, 0.3) is 0 Å². The highest BCUT2D eigenvalue weighted by Crippen LogP contribution is 2.31. The van der Waals surface area contributed by atoms with E-state index >= 15 is 0 Å². The van der Waals surface area contributed by atoms with Gasteiger partial charge < -0.3 is 5.11 Å². The van der Waals surface area contributed by atoms with Gasteiger partial charge in [-0.05, 0) is 30.5 Å². The number of rotatable bonds is 7. The van der Waals surface area contributed by atoms with Gasteiger partial charge in [0.1, 0.15) is 6.07 Å². The van der Waals surface area contributed by atoms with Crippen LogP contribution in [-0.4, -0.2) is 26.0 Å². The van der Waals surface area contributed by atoms with Crippen molar-refractivity contribution in [1.29, 1.82) is 5.26 Å². The summed E-state index contributed by atoms with van der Waals surface area (Å²) >= 11 is 0. The lowest BCUT2D eigenvalue weighted by atomic mass is 9.98. The number of nitrogens with zero attached hydrogens (tertiary/aromatic N) is 1. The molecule has 1 aromatic rings. The second-order valence-electron chi connectivity index (χ2n) is 5.84. The minimum absolute atomic E-state index is 0.00587. The van der Waals surface area contributed by atoms with Crippen molar-refractivity contribution < 1.29 is 31.5 Å². The third-order valence-corrected chi connectivity index (χ3v) is 4.82. The van der Waals surface area contributed by atoms with E-state index in [0.717, 1.165) is 0 Å². The van der Waals surface area contributed by atoms with E-state index in [2.05, 4.69) is 4.72 Å². The third kappa shape index (κ3) is 5.72. The highest BCUT2D eigenvalue weighted by Gasteiger charge is 2.32. The molecular weight excluding hydrogens is 361 g/mol. The van der Waals surface area contributed by atoms with Crippen LogP contribution in [0.4, 0.5) is 13.2 Å². The molecule has 0 radical (unpaired) electrons. The molecule has 1 aromatic carbocycles. The number of aliphatic carboxylic acids is 1. The van der Waals surface area contributed by atoms with E-state index in [1.165, 1.54) is 6.07 Å². The molecule has 1 atom stereocenters. The van der Waals surface area contributed by atoms with Gasteiger partial charge in [0.2, 0.25) is 10.0 Å². The molecule has 0 bridgehead atoms. The van der Waals surface area contributed by atoms with Gasteiger partial charge in [-0.3, -0.25) is 4.79 Å². The number of nitriles is 1. The first-order valence-electron chi connectivity index (χ1n) is 7.22. The number of hydrogen-bond acceptors (Lipinski definition) is 4. The van der Waals surface area contributed by atoms with Gasteiger partial charge in [0, 0.05) is 6.54 Å². The molecule has 0 heterocycles. The molecule has 0 aromatic heterocycles. The van der Waals surface area contributed by atoms with Gasteiger partial charge in [-0.2, -0.15) is 18.4 Å².